The average molecular weight is 279 g/mol. The summed E-state index contributed by atoms with van der Waals surface area (Å²) >= 11 is 0. The predicted molar refractivity (Wildman–Crippen MR) is 87.5 cm³/mol. The Labute approximate surface area is 120 Å². The van der Waals surface area contributed by atoms with E-state index in [-0.39, 0.29) is 0 Å². The number of hydrogen-bond acceptors (Lipinski definition) is 1. The normalized spacial score (nSPS) is 11.6. The lowest BCUT2D eigenvalue weighted by Gasteiger charge is -2.32. The molecule has 1 aromatic rings. The summed E-state index contributed by atoms with van der Waals surface area (Å²) in [6, 6.07) is 12.4. The van der Waals surface area contributed by atoms with Gasteiger partial charge in [0, 0.05) is 0 Å². The first-order valence-electron chi connectivity index (χ1n) is 7.92. The van der Waals surface area contributed by atoms with Crippen LogP contribution in [-0.2, 0) is 0 Å². The molecule has 19 heavy (non-hydrogen) atoms. The van der Waals surface area contributed by atoms with Gasteiger partial charge in [-0.1, -0.05) is 64.7 Å². The molecule has 0 aliphatic heterocycles. The third kappa shape index (κ3) is 5.02. The van der Waals surface area contributed by atoms with Crippen molar-refractivity contribution in [3.8, 4) is 5.75 Å². The number of rotatable bonds is 9. The summed E-state index contributed by atoms with van der Waals surface area (Å²) in [5.74, 6) is 1.13. The monoisotopic (exact) mass is 278 g/mol. The standard InChI is InChI=1S/C17H30OSi/c1-5-8-14-19(7-3,15-9-6-2)18-17-13-11-10-12-16(17)4/h10-13H,5-9,14-15H2,1-4H3. The van der Waals surface area contributed by atoms with Crippen LogP contribution < -0.4 is 4.43 Å². The average Bonchev–Trinajstić information content (AvgIpc) is 2.44. The lowest BCUT2D eigenvalue weighted by Crippen LogP contribution is -2.41. The van der Waals surface area contributed by atoms with E-state index in [1.807, 2.05) is 0 Å². The second kappa shape index (κ2) is 8.42. The molecule has 0 N–H and O–H groups in total. The van der Waals surface area contributed by atoms with E-state index in [4.69, 9.17) is 4.43 Å². The number of benzene rings is 1. The SMILES string of the molecule is CCCC[Si](CC)(CCCC)Oc1ccccc1C. The van der Waals surface area contributed by atoms with Crippen molar-refractivity contribution >= 4 is 8.32 Å². The van der Waals surface area contributed by atoms with Crippen LogP contribution in [-0.4, -0.2) is 8.32 Å². The summed E-state index contributed by atoms with van der Waals surface area (Å²) in [6.07, 6.45) is 5.18. The summed E-state index contributed by atoms with van der Waals surface area (Å²) < 4.78 is 6.63. The van der Waals surface area contributed by atoms with Gasteiger partial charge in [0.2, 0.25) is 0 Å². The van der Waals surface area contributed by atoms with Crippen LogP contribution in [0.5, 0.6) is 5.75 Å². The zero-order valence-corrected chi connectivity index (χ0v) is 14.2. The lowest BCUT2D eigenvalue weighted by atomic mass is 10.2. The van der Waals surface area contributed by atoms with Crippen molar-refractivity contribution in [3.63, 3.8) is 0 Å². The van der Waals surface area contributed by atoms with Gasteiger partial charge in [-0.2, -0.15) is 0 Å². The highest BCUT2D eigenvalue weighted by molar-refractivity contribution is 6.74. The van der Waals surface area contributed by atoms with Gasteiger partial charge < -0.3 is 4.43 Å². The molecule has 0 unspecified atom stereocenters. The van der Waals surface area contributed by atoms with E-state index in [1.165, 1.54) is 49.4 Å². The van der Waals surface area contributed by atoms with Crippen molar-refractivity contribution in [2.45, 2.75) is 71.5 Å². The molecule has 0 aromatic heterocycles. The maximum atomic E-state index is 6.63. The molecule has 1 rings (SSSR count). The number of hydrogen-bond donors (Lipinski definition) is 0. The Balaban J connectivity index is 2.85. The van der Waals surface area contributed by atoms with Crippen molar-refractivity contribution in [2.75, 3.05) is 0 Å². The molecule has 0 saturated heterocycles. The molecule has 1 nitrogen and oxygen atoms in total. The van der Waals surface area contributed by atoms with Gasteiger partial charge in [-0.3, -0.25) is 0 Å². The number of unbranched alkanes of at least 4 members (excludes halogenated alkanes) is 2. The summed E-state index contributed by atoms with van der Waals surface area (Å²) in [5.41, 5.74) is 1.28. The fourth-order valence-electron chi connectivity index (χ4n) is 2.55. The van der Waals surface area contributed by atoms with Crippen molar-refractivity contribution in [1.82, 2.24) is 0 Å². The minimum atomic E-state index is -1.58. The zero-order valence-electron chi connectivity index (χ0n) is 13.2. The van der Waals surface area contributed by atoms with E-state index in [1.54, 1.807) is 0 Å². The first-order valence-corrected chi connectivity index (χ1v) is 10.4. The molecule has 108 valence electrons. The molecule has 0 fully saturated rings. The summed E-state index contributed by atoms with van der Waals surface area (Å²) in [4.78, 5) is 0. The van der Waals surface area contributed by atoms with Gasteiger partial charge in [0.15, 0.2) is 0 Å². The van der Waals surface area contributed by atoms with Crippen molar-refractivity contribution < 1.29 is 4.43 Å². The quantitative estimate of drug-likeness (QED) is 0.508. The fourth-order valence-corrected chi connectivity index (χ4v) is 6.55. The second-order valence-electron chi connectivity index (χ2n) is 5.61. The Morgan fingerprint density at radius 2 is 1.53 bits per heavy atom. The molecule has 0 aliphatic rings. The zero-order chi connectivity index (χ0) is 14.1. The van der Waals surface area contributed by atoms with E-state index < -0.39 is 8.32 Å². The highest BCUT2D eigenvalue weighted by Crippen LogP contribution is 2.30. The maximum Gasteiger partial charge on any atom is 0.251 e. The molecule has 0 bridgehead atoms. The van der Waals surface area contributed by atoms with Gasteiger partial charge in [0.25, 0.3) is 8.32 Å². The Morgan fingerprint density at radius 3 is 2.00 bits per heavy atom. The smallest absolute Gasteiger partial charge is 0.251 e. The Bertz CT molecular complexity index is 354. The van der Waals surface area contributed by atoms with E-state index in [0.29, 0.717) is 0 Å². The van der Waals surface area contributed by atoms with Crippen LogP contribution in [0.4, 0.5) is 0 Å². The highest BCUT2D eigenvalue weighted by Gasteiger charge is 2.33. The van der Waals surface area contributed by atoms with Crippen molar-refractivity contribution in [2.24, 2.45) is 0 Å². The highest BCUT2D eigenvalue weighted by atomic mass is 28.4. The third-order valence-corrected chi connectivity index (χ3v) is 8.51. The molecule has 0 amide bonds. The predicted octanol–water partition coefficient (Wildman–Crippen LogP) is 5.94. The first-order chi connectivity index (χ1) is 9.17. The molecule has 0 spiro atoms. The van der Waals surface area contributed by atoms with Gasteiger partial charge in [-0.15, -0.1) is 0 Å². The topological polar surface area (TPSA) is 9.23 Å². The molecule has 1 aromatic carbocycles. The van der Waals surface area contributed by atoms with Crippen LogP contribution in [0, 0.1) is 6.92 Å². The van der Waals surface area contributed by atoms with Crippen LogP contribution in [0.1, 0.15) is 52.0 Å². The first kappa shape index (κ1) is 16.3. The van der Waals surface area contributed by atoms with Crippen molar-refractivity contribution in [3.05, 3.63) is 29.8 Å². The second-order valence-corrected chi connectivity index (χ2v) is 9.89. The molecule has 0 aliphatic carbocycles. The summed E-state index contributed by atoms with van der Waals surface area (Å²) in [7, 11) is -1.58. The van der Waals surface area contributed by atoms with E-state index in [2.05, 4.69) is 52.0 Å². The van der Waals surface area contributed by atoms with Crippen LogP contribution in [0.15, 0.2) is 24.3 Å². The summed E-state index contributed by atoms with van der Waals surface area (Å²) in [5, 5.41) is 0. The lowest BCUT2D eigenvalue weighted by molar-refractivity contribution is 0.514. The van der Waals surface area contributed by atoms with Crippen LogP contribution in [0.25, 0.3) is 0 Å². The molecular formula is C17H30OSi. The molecule has 0 heterocycles. The molecule has 0 atom stereocenters. The largest absolute Gasteiger partial charge is 0.543 e. The van der Waals surface area contributed by atoms with E-state index in [9.17, 15) is 0 Å². The minimum absolute atomic E-state index is 1.13. The van der Waals surface area contributed by atoms with Crippen LogP contribution in [0.2, 0.25) is 18.1 Å². The Hall–Kier alpha value is -0.763. The Kier molecular flexibility index (Phi) is 7.22. The number of aryl methyl sites for hydroxylation is 1. The van der Waals surface area contributed by atoms with E-state index >= 15 is 0 Å². The van der Waals surface area contributed by atoms with Crippen LogP contribution in [0.3, 0.4) is 0 Å². The van der Waals surface area contributed by atoms with Gasteiger partial charge in [0.1, 0.15) is 5.75 Å². The maximum absolute atomic E-state index is 6.63. The summed E-state index contributed by atoms with van der Waals surface area (Å²) in [6.45, 7) is 9.05. The van der Waals surface area contributed by atoms with Gasteiger partial charge in [-0.05, 0) is 36.7 Å². The Morgan fingerprint density at radius 1 is 0.947 bits per heavy atom. The number of para-hydroxylation sites is 1. The van der Waals surface area contributed by atoms with Gasteiger partial charge in [0.05, 0.1) is 0 Å². The molecule has 0 radical (unpaired) electrons. The van der Waals surface area contributed by atoms with Gasteiger partial charge in [-0.25, -0.2) is 0 Å². The molecule has 2 heteroatoms. The van der Waals surface area contributed by atoms with Gasteiger partial charge >= 0.3 is 0 Å². The molecular weight excluding hydrogens is 248 g/mol. The minimum Gasteiger partial charge on any atom is -0.543 e. The van der Waals surface area contributed by atoms with Crippen molar-refractivity contribution in [1.29, 1.82) is 0 Å². The van der Waals surface area contributed by atoms with E-state index in [0.717, 1.165) is 5.75 Å². The molecule has 0 saturated carbocycles. The third-order valence-electron chi connectivity index (χ3n) is 4.04. The fraction of sp³-hybridized carbons (Fsp3) is 0.647. The van der Waals surface area contributed by atoms with Crippen LogP contribution >= 0.6 is 0 Å².